The summed E-state index contributed by atoms with van der Waals surface area (Å²) in [6.45, 7) is 7.87. The van der Waals surface area contributed by atoms with Crippen LogP contribution in [0.1, 0.15) is 19.4 Å². The lowest BCUT2D eigenvalue weighted by Crippen LogP contribution is -2.22. The molecule has 0 radical (unpaired) electrons. The van der Waals surface area contributed by atoms with Gasteiger partial charge in [-0.3, -0.25) is 0 Å². The molecule has 2 aromatic rings. The van der Waals surface area contributed by atoms with Crippen LogP contribution in [0.2, 0.25) is 0 Å². The van der Waals surface area contributed by atoms with E-state index in [0.29, 0.717) is 11.4 Å². The Hall–Kier alpha value is -2.56. The Bertz CT molecular complexity index is 680. The minimum Gasteiger partial charge on any atom is -0.506 e. The number of nitrogens with zero attached hydrogens (tertiary/aromatic N) is 3. The van der Waals surface area contributed by atoms with Gasteiger partial charge in [0.25, 0.3) is 0 Å². The zero-order valence-corrected chi connectivity index (χ0v) is 13.1. The Morgan fingerprint density at radius 3 is 2.18 bits per heavy atom. The first kappa shape index (κ1) is 15.8. The smallest absolute Gasteiger partial charge is 0.145 e. The Kier molecular flexibility index (Phi) is 4.99. The Morgan fingerprint density at radius 1 is 0.909 bits per heavy atom. The SMILES string of the molecule is CCN(CC)c1cc(O)c(N=Nc2ccccc2O)cc1C. The molecule has 116 valence electrons. The number of para-hydroxylation sites is 1. The van der Waals surface area contributed by atoms with Crippen LogP contribution in [-0.4, -0.2) is 23.3 Å². The van der Waals surface area contributed by atoms with Gasteiger partial charge in [0.1, 0.15) is 22.9 Å². The largest absolute Gasteiger partial charge is 0.506 e. The van der Waals surface area contributed by atoms with E-state index < -0.39 is 0 Å². The molecule has 5 nitrogen and oxygen atoms in total. The summed E-state index contributed by atoms with van der Waals surface area (Å²) >= 11 is 0. The number of phenolic OH excluding ortho intramolecular Hbond substituents is 2. The van der Waals surface area contributed by atoms with Gasteiger partial charge in [0.2, 0.25) is 0 Å². The van der Waals surface area contributed by atoms with Gasteiger partial charge in [-0.15, -0.1) is 10.2 Å². The highest BCUT2D eigenvalue weighted by Gasteiger charge is 2.10. The summed E-state index contributed by atoms with van der Waals surface area (Å²) in [5.74, 6) is 0.133. The summed E-state index contributed by atoms with van der Waals surface area (Å²) in [7, 11) is 0. The van der Waals surface area contributed by atoms with Gasteiger partial charge >= 0.3 is 0 Å². The summed E-state index contributed by atoms with van der Waals surface area (Å²) in [5.41, 5.74) is 2.76. The van der Waals surface area contributed by atoms with E-state index in [1.165, 1.54) is 0 Å². The molecule has 0 aliphatic heterocycles. The lowest BCUT2D eigenvalue weighted by Gasteiger charge is -2.23. The molecule has 0 aliphatic carbocycles. The molecule has 0 amide bonds. The van der Waals surface area contributed by atoms with Crippen LogP contribution < -0.4 is 4.90 Å². The number of rotatable bonds is 5. The van der Waals surface area contributed by atoms with Crippen molar-refractivity contribution in [1.29, 1.82) is 0 Å². The van der Waals surface area contributed by atoms with Gasteiger partial charge in [-0.2, -0.15) is 0 Å². The highest BCUT2D eigenvalue weighted by Crippen LogP contribution is 2.36. The molecule has 0 fully saturated rings. The predicted octanol–water partition coefficient (Wildman–Crippen LogP) is 4.67. The maximum absolute atomic E-state index is 10.2. The molecule has 0 unspecified atom stereocenters. The number of aromatic hydroxyl groups is 2. The number of hydrogen-bond donors (Lipinski definition) is 2. The van der Waals surface area contributed by atoms with Crippen LogP contribution in [0.5, 0.6) is 11.5 Å². The van der Waals surface area contributed by atoms with Gasteiger partial charge in [-0.1, -0.05) is 12.1 Å². The van der Waals surface area contributed by atoms with Crippen LogP contribution >= 0.6 is 0 Å². The van der Waals surface area contributed by atoms with Crippen molar-refractivity contribution in [3.63, 3.8) is 0 Å². The number of anilines is 1. The van der Waals surface area contributed by atoms with Crippen molar-refractivity contribution in [3.05, 3.63) is 42.0 Å². The molecule has 0 spiro atoms. The summed E-state index contributed by atoms with van der Waals surface area (Å²) in [6.07, 6.45) is 0. The molecule has 22 heavy (non-hydrogen) atoms. The molecule has 2 aromatic carbocycles. The van der Waals surface area contributed by atoms with Crippen LogP contribution in [0.4, 0.5) is 17.1 Å². The number of phenols is 2. The summed E-state index contributed by atoms with van der Waals surface area (Å²) in [6, 6.07) is 10.2. The van der Waals surface area contributed by atoms with Crippen LogP contribution in [0, 0.1) is 6.92 Å². The van der Waals surface area contributed by atoms with Gasteiger partial charge in [-0.05, 0) is 44.5 Å². The zero-order chi connectivity index (χ0) is 16.1. The highest BCUT2D eigenvalue weighted by atomic mass is 16.3. The van der Waals surface area contributed by atoms with E-state index in [-0.39, 0.29) is 11.5 Å². The fourth-order valence-corrected chi connectivity index (χ4v) is 2.31. The van der Waals surface area contributed by atoms with Gasteiger partial charge in [0.05, 0.1) is 0 Å². The third kappa shape index (κ3) is 3.36. The van der Waals surface area contributed by atoms with E-state index in [9.17, 15) is 10.2 Å². The molecule has 0 aromatic heterocycles. The molecular weight excluding hydrogens is 278 g/mol. The minimum absolute atomic E-state index is 0.0576. The van der Waals surface area contributed by atoms with Crippen molar-refractivity contribution >= 4 is 17.1 Å². The van der Waals surface area contributed by atoms with Crippen LogP contribution in [0.3, 0.4) is 0 Å². The lowest BCUT2D eigenvalue weighted by atomic mass is 10.1. The van der Waals surface area contributed by atoms with E-state index in [2.05, 4.69) is 29.0 Å². The molecule has 5 heteroatoms. The Morgan fingerprint density at radius 2 is 1.55 bits per heavy atom. The third-order valence-electron chi connectivity index (χ3n) is 3.54. The molecule has 0 heterocycles. The first-order valence-corrected chi connectivity index (χ1v) is 7.35. The van der Waals surface area contributed by atoms with Crippen LogP contribution in [-0.2, 0) is 0 Å². The quantitative estimate of drug-likeness (QED) is 0.788. The van der Waals surface area contributed by atoms with E-state index in [1.807, 2.05) is 6.92 Å². The Labute approximate surface area is 130 Å². The van der Waals surface area contributed by atoms with Crippen LogP contribution in [0.15, 0.2) is 46.6 Å². The molecule has 0 atom stereocenters. The molecule has 0 saturated heterocycles. The average molecular weight is 299 g/mol. The monoisotopic (exact) mass is 299 g/mol. The second-order valence-corrected chi connectivity index (χ2v) is 4.99. The first-order valence-electron chi connectivity index (χ1n) is 7.35. The first-order chi connectivity index (χ1) is 10.6. The van der Waals surface area contributed by atoms with E-state index in [1.54, 1.807) is 36.4 Å². The maximum Gasteiger partial charge on any atom is 0.145 e. The molecular formula is C17H21N3O2. The minimum atomic E-state index is 0.0576. The van der Waals surface area contributed by atoms with Crippen molar-refractivity contribution in [3.8, 4) is 11.5 Å². The van der Waals surface area contributed by atoms with Gasteiger partial charge in [0, 0.05) is 24.8 Å². The van der Waals surface area contributed by atoms with Crippen molar-refractivity contribution < 1.29 is 10.2 Å². The number of azo groups is 1. The van der Waals surface area contributed by atoms with E-state index in [0.717, 1.165) is 24.3 Å². The Balaban J connectivity index is 2.34. The maximum atomic E-state index is 10.2. The van der Waals surface area contributed by atoms with Crippen molar-refractivity contribution in [2.45, 2.75) is 20.8 Å². The van der Waals surface area contributed by atoms with Gasteiger partial charge in [-0.25, -0.2) is 0 Å². The molecule has 0 saturated carbocycles. The molecule has 2 N–H and O–H groups in total. The lowest BCUT2D eigenvalue weighted by molar-refractivity contribution is 0.473. The third-order valence-corrected chi connectivity index (χ3v) is 3.54. The van der Waals surface area contributed by atoms with Crippen molar-refractivity contribution in [2.24, 2.45) is 10.2 Å². The van der Waals surface area contributed by atoms with Crippen molar-refractivity contribution in [2.75, 3.05) is 18.0 Å². The van der Waals surface area contributed by atoms with Crippen LogP contribution in [0.25, 0.3) is 0 Å². The highest BCUT2D eigenvalue weighted by molar-refractivity contribution is 5.65. The van der Waals surface area contributed by atoms with Gasteiger partial charge < -0.3 is 15.1 Å². The van der Waals surface area contributed by atoms with E-state index >= 15 is 0 Å². The number of benzene rings is 2. The normalized spacial score (nSPS) is 11.0. The summed E-state index contributed by atoms with van der Waals surface area (Å²) in [5, 5.41) is 27.9. The predicted molar refractivity (Wildman–Crippen MR) is 88.7 cm³/mol. The van der Waals surface area contributed by atoms with Gasteiger partial charge in [0.15, 0.2) is 0 Å². The topological polar surface area (TPSA) is 68.4 Å². The van der Waals surface area contributed by atoms with E-state index in [4.69, 9.17) is 0 Å². The molecule has 0 aliphatic rings. The average Bonchev–Trinajstić information content (AvgIpc) is 2.51. The van der Waals surface area contributed by atoms with Crippen molar-refractivity contribution in [1.82, 2.24) is 0 Å². The summed E-state index contributed by atoms with van der Waals surface area (Å²) in [4.78, 5) is 2.17. The second-order valence-electron chi connectivity index (χ2n) is 4.99. The zero-order valence-electron chi connectivity index (χ0n) is 13.1. The fourth-order valence-electron chi connectivity index (χ4n) is 2.31. The summed E-state index contributed by atoms with van der Waals surface area (Å²) < 4.78 is 0. The number of hydrogen-bond acceptors (Lipinski definition) is 5. The standard InChI is InChI=1S/C17H21N3O2/c1-4-20(5-2)15-11-17(22)14(10-12(15)3)19-18-13-8-6-7-9-16(13)21/h6-11,21-22H,4-5H2,1-3H3. The fraction of sp³-hybridized carbons (Fsp3) is 0.294. The number of aryl methyl sites for hydroxylation is 1. The molecule has 0 bridgehead atoms. The molecule has 2 rings (SSSR count). The second kappa shape index (κ2) is 6.93.